The van der Waals surface area contributed by atoms with Crippen molar-refractivity contribution in [1.82, 2.24) is 9.21 Å². The topological polar surface area (TPSA) is 95.0 Å². The summed E-state index contributed by atoms with van der Waals surface area (Å²) >= 11 is 0. The molecule has 3 rings (SSSR count). The van der Waals surface area contributed by atoms with Crippen molar-refractivity contribution in [3.05, 3.63) is 29.3 Å². The van der Waals surface area contributed by atoms with Crippen molar-refractivity contribution in [2.75, 3.05) is 26.2 Å². The molecule has 1 heterocycles. The predicted octanol–water partition coefficient (Wildman–Crippen LogP) is 1.64. The first-order valence-corrected chi connectivity index (χ1v) is 10.7. The number of amides is 1. The fraction of sp³-hybridized carbons (Fsp3) is 0.579. The highest BCUT2D eigenvalue weighted by Crippen LogP contribution is 2.33. The van der Waals surface area contributed by atoms with Crippen molar-refractivity contribution >= 4 is 21.9 Å². The van der Waals surface area contributed by atoms with Gasteiger partial charge < -0.3 is 10.0 Å². The maximum absolute atomic E-state index is 13.0. The molecule has 0 bridgehead atoms. The Bertz CT molecular complexity index is 844. The number of sulfonamides is 1. The van der Waals surface area contributed by atoms with Crippen LogP contribution in [0.3, 0.4) is 0 Å². The Labute approximate surface area is 160 Å². The second-order valence-corrected chi connectivity index (χ2v) is 9.45. The van der Waals surface area contributed by atoms with Crippen LogP contribution in [0.2, 0.25) is 0 Å². The van der Waals surface area contributed by atoms with Gasteiger partial charge in [0.15, 0.2) is 0 Å². The maximum atomic E-state index is 13.0. The molecule has 2 aliphatic rings. The summed E-state index contributed by atoms with van der Waals surface area (Å²) in [5, 5.41) is 9.10. The molecule has 27 heavy (non-hydrogen) atoms. The lowest BCUT2D eigenvalue weighted by Crippen LogP contribution is -2.51. The highest BCUT2D eigenvalue weighted by Gasteiger charge is 2.38. The molecule has 7 nitrogen and oxygen atoms in total. The molecule has 148 valence electrons. The Balaban J connectivity index is 1.64. The number of aliphatic carboxylic acids is 1. The van der Waals surface area contributed by atoms with Crippen LogP contribution in [0, 0.1) is 25.7 Å². The van der Waals surface area contributed by atoms with E-state index < -0.39 is 21.9 Å². The molecule has 8 heteroatoms. The average Bonchev–Trinajstić information content (AvgIpc) is 3.13. The number of carboxylic acids is 1. The Kier molecular flexibility index (Phi) is 5.58. The van der Waals surface area contributed by atoms with E-state index in [2.05, 4.69) is 0 Å². The van der Waals surface area contributed by atoms with Crippen molar-refractivity contribution in [2.24, 2.45) is 11.8 Å². The van der Waals surface area contributed by atoms with Gasteiger partial charge in [0.25, 0.3) is 0 Å². The summed E-state index contributed by atoms with van der Waals surface area (Å²) in [7, 11) is -3.59. The summed E-state index contributed by atoms with van der Waals surface area (Å²) in [5.74, 6) is -1.57. The van der Waals surface area contributed by atoms with Crippen LogP contribution in [-0.2, 0) is 19.6 Å². The van der Waals surface area contributed by atoms with E-state index in [0.29, 0.717) is 42.8 Å². The van der Waals surface area contributed by atoms with Gasteiger partial charge in [-0.3, -0.25) is 9.59 Å². The summed E-state index contributed by atoms with van der Waals surface area (Å²) in [6.07, 6.45) is 1.51. The third-order valence-electron chi connectivity index (χ3n) is 5.64. The van der Waals surface area contributed by atoms with E-state index in [1.54, 1.807) is 24.0 Å². The number of hydrogen-bond donors (Lipinski definition) is 1. The number of hydrogen-bond acceptors (Lipinski definition) is 4. The van der Waals surface area contributed by atoms with Gasteiger partial charge >= 0.3 is 5.97 Å². The Hall–Kier alpha value is -1.93. The smallest absolute Gasteiger partial charge is 0.306 e. The van der Waals surface area contributed by atoms with Crippen LogP contribution in [0.1, 0.15) is 30.4 Å². The fourth-order valence-electron chi connectivity index (χ4n) is 3.96. The molecule has 1 aromatic carbocycles. The third kappa shape index (κ3) is 4.01. The quantitative estimate of drug-likeness (QED) is 0.838. The van der Waals surface area contributed by atoms with E-state index in [1.807, 2.05) is 13.0 Å². The molecule has 1 aromatic rings. The van der Waals surface area contributed by atoms with Crippen LogP contribution in [0.25, 0.3) is 0 Å². The number of aryl methyl sites for hydroxylation is 2. The van der Waals surface area contributed by atoms with Crippen molar-refractivity contribution < 1.29 is 23.1 Å². The summed E-state index contributed by atoms with van der Waals surface area (Å²) in [4.78, 5) is 25.8. The van der Waals surface area contributed by atoms with Gasteiger partial charge in [0.05, 0.1) is 10.8 Å². The number of benzene rings is 1. The molecule has 0 aromatic heterocycles. The molecule has 1 N–H and O–H groups in total. The minimum Gasteiger partial charge on any atom is -0.481 e. The lowest BCUT2D eigenvalue weighted by molar-refractivity contribution is -0.141. The van der Waals surface area contributed by atoms with Gasteiger partial charge in [0.1, 0.15) is 0 Å². The lowest BCUT2D eigenvalue weighted by atomic mass is 10.0. The van der Waals surface area contributed by atoms with Crippen molar-refractivity contribution in [2.45, 2.75) is 38.0 Å². The van der Waals surface area contributed by atoms with Crippen LogP contribution in [-0.4, -0.2) is 60.8 Å². The second-order valence-electron chi connectivity index (χ2n) is 7.54. The predicted molar refractivity (Wildman–Crippen MR) is 99.7 cm³/mol. The van der Waals surface area contributed by atoms with Crippen molar-refractivity contribution in [3.63, 3.8) is 0 Å². The molecule has 2 fully saturated rings. The first-order chi connectivity index (χ1) is 12.7. The number of piperazine rings is 1. The molecule has 0 spiro atoms. The minimum absolute atomic E-state index is 0.0393. The number of carboxylic acid groups (broad SMARTS) is 1. The standard InChI is InChI=1S/C19H26N2O5S/c1-13-3-4-14(2)17(11-13)27(25,26)21-9-7-20(8-10-21)18(22)15-5-6-16(12-15)19(23)24/h3-4,11,15-16H,5-10,12H2,1-2H3,(H,23,24)/t15-,16+/m1/s1. The van der Waals surface area contributed by atoms with E-state index in [4.69, 9.17) is 5.11 Å². The molecule has 0 unspecified atom stereocenters. The third-order valence-corrected chi connectivity index (χ3v) is 7.68. The minimum atomic E-state index is -3.59. The zero-order valence-electron chi connectivity index (χ0n) is 15.7. The Morgan fingerprint density at radius 3 is 2.26 bits per heavy atom. The van der Waals surface area contributed by atoms with Gasteiger partial charge in [-0.05, 0) is 50.3 Å². The highest BCUT2D eigenvalue weighted by molar-refractivity contribution is 7.89. The van der Waals surface area contributed by atoms with Gasteiger partial charge in [-0.15, -0.1) is 0 Å². The first-order valence-electron chi connectivity index (χ1n) is 9.29. The summed E-state index contributed by atoms with van der Waals surface area (Å²) in [5.41, 5.74) is 1.60. The average molecular weight is 394 g/mol. The number of rotatable bonds is 4. The Morgan fingerprint density at radius 2 is 1.67 bits per heavy atom. The van der Waals surface area contributed by atoms with Crippen LogP contribution >= 0.6 is 0 Å². The van der Waals surface area contributed by atoms with E-state index in [1.165, 1.54) is 4.31 Å². The molecule has 1 aliphatic carbocycles. The van der Waals surface area contributed by atoms with Gasteiger partial charge in [-0.25, -0.2) is 8.42 Å². The zero-order valence-corrected chi connectivity index (χ0v) is 16.5. The van der Waals surface area contributed by atoms with Crippen LogP contribution < -0.4 is 0 Å². The maximum Gasteiger partial charge on any atom is 0.306 e. The molecule has 1 aliphatic heterocycles. The summed E-state index contributed by atoms with van der Waals surface area (Å²) in [6.45, 7) is 4.85. The lowest BCUT2D eigenvalue weighted by Gasteiger charge is -2.35. The molecule has 1 saturated heterocycles. The molecular formula is C19H26N2O5S. The van der Waals surface area contributed by atoms with Gasteiger partial charge in [0, 0.05) is 32.1 Å². The molecule has 0 radical (unpaired) electrons. The molecule has 1 amide bonds. The van der Waals surface area contributed by atoms with Crippen LogP contribution in [0.15, 0.2) is 23.1 Å². The van der Waals surface area contributed by atoms with E-state index in [0.717, 1.165) is 5.56 Å². The van der Waals surface area contributed by atoms with E-state index in [-0.39, 0.29) is 24.9 Å². The molecule has 1 saturated carbocycles. The molecular weight excluding hydrogens is 368 g/mol. The summed E-state index contributed by atoms with van der Waals surface area (Å²) in [6, 6.07) is 5.38. The SMILES string of the molecule is Cc1ccc(C)c(S(=O)(=O)N2CCN(C(=O)[C@@H]3CC[C@H](C(=O)O)C3)CC2)c1. The van der Waals surface area contributed by atoms with Gasteiger partial charge in [-0.1, -0.05) is 12.1 Å². The van der Waals surface area contributed by atoms with Crippen molar-refractivity contribution in [1.29, 1.82) is 0 Å². The first kappa shape index (κ1) is 19.8. The van der Waals surface area contributed by atoms with E-state index in [9.17, 15) is 18.0 Å². The fourth-order valence-corrected chi connectivity index (χ4v) is 5.69. The normalized spacial score (nSPS) is 24.1. The van der Waals surface area contributed by atoms with Crippen LogP contribution in [0.5, 0.6) is 0 Å². The largest absolute Gasteiger partial charge is 0.481 e. The summed E-state index contributed by atoms with van der Waals surface area (Å²) < 4.78 is 27.4. The van der Waals surface area contributed by atoms with Gasteiger partial charge in [0.2, 0.25) is 15.9 Å². The number of carbonyl (C=O) groups excluding carboxylic acids is 1. The van der Waals surface area contributed by atoms with Crippen LogP contribution in [0.4, 0.5) is 0 Å². The molecule has 2 atom stereocenters. The van der Waals surface area contributed by atoms with Gasteiger partial charge in [-0.2, -0.15) is 4.31 Å². The number of carbonyl (C=O) groups is 2. The zero-order chi connectivity index (χ0) is 19.8. The second kappa shape index (κ2) is 7.59. The Morgan fingerprint density at radius 1 is 1.04 bits per heavy atom. The monoisotopic (exact) mass is 394 g/mol. The highest BCUT2D eigenvalue weighted by atomic mass is 32.2. The number of nitrogens with zero attached hydrogens (tertiary/aromatic N) is 2. The van der Waals surface area contributed by atoms with Crippen molar-refractivity contribution in [3.8, 4) is 0 Å². The van der Waals surface area contributed by atoms with E-state index >= 15 is 0 Å².